The van der Waals surface area contributed by atoms with E-state index in [0.717, 1.165) is 17.7 Å². The number of carbonyl (C=O) groups is 1. The summed E-state index contributed by atoms with van der Waals surface area (Å²) in [7, 11) is 2.92. The minimum Gasteiger partial charge on any atom is -0.495 e. The molecule has 1 atom stereocenters. The molecule has 2 aromatic carbocycles. The normalized spacial score (nSPS) is 11.5. The number of methoxy groups -OCH3 is 2. The summed E-state index contributed by atoms with van der Waals surface area (Å²) in [5.74, 6) is 1.26. The molecule has 0 fully saturated rings. The van der Waals surface area contributed by atoms with Gasteiger partial charge in [0, 0.05) is 17.7 Å². The van der Waals surface area contributed by atoms with Crippen LogP contribution in [0.4, 0.5) is 17.5 Å². The molecule has 0 unspecified atom stereocenters. The molecule has 2 N–H and O–H groups in total. The van der Waals surface area contributed by atoms with Crippen molar-refractivity contribution < 1.29 is 14.3 Å². The number of nitrogens with one attached hydrogen (secondary N) is 2. The number of carbonyl (C=O) groups excluding carboxylic acids is 1. The molecule has 30 heavy (non-hydrogen) atoms. The topological polar surface area (TPSA) is 85.4 Å². The molecule has 0 aliphatic heterocycles. The molecular weight excluding hydrogens is 380 g/mol. The second-order valence-electron chi connectivity index (χ2n) is 6.81. The van der Waals surface area contributed by atoms with Gasteiger partial charge in [-0.2, -0.15) is 4.98 Å². The average molecular weight is 406 g/mol. The number of anilines is 3. The number of hydrogen-bond donors (Lipinski definition) is 2. The zero-order valence-electron chi connectivity index (χ0n) is 17.6. The fraction of sp³-hybridized carbons (Fsp3) is 0.261. The van der Waals surface area contributed by atoms with E-state index in [1.807, 2.05) is 36.4 Å². The number of esters is 1. The second-order valence-corrected chi connectivity index (χ2v) is 6.81. The summed E-state index contributed by atoms with van der Waals surface area (Å²) in [6, 6.07) is 17.0. The molecule has 3 rings (SSSR count). The van der Waals surface area contributed by atoms with Crippen LogP contribution in [0.25, 0.3) is 11.3 Å². The smallest absolute Gasteiger partial charge is 0.337 e. The summed E-state index contributed by atoms with van der Waals surface area (Å²) >= 11 is 0. The van der Waals surface area contributed by atoms with Crippen LogP contribution in [-0.4, -0.2) is 36.2 Å². The largest absolute Gasteiger partial charge is 0.495 e. The fourth-order valence-electron chi connectivity index (χ4n) is 2.84. The summed E-state index contributed by atoms with van der Waals surface area (Å²) in [6.07, 6.45) is 0.941. The van der Waals surface area contributed by atoms with Gasteiger partial charge in [0.15, 0.2) is 0 Å². The van der Waals surface area contributed by atoms with Gasteiger partial charge in [0.1, 0.15) is 11.6 Å². The first kappa shape index (κ1) is 21.1. The van der Waals surface area contributed by atoms with Crippen molar-refractivity contribution in [3.8, 4) is 17.0 Å². The molecule has 1 aromatic heterocycles. The van der Waals surface area contributed by atoms with E-state index in [0.29, 0.717) is 28.8 Å². The van der Waals surface area contributed by atoms with Crippen molar-refractivity contribution in [3.63, 3.8) is 0 Å². The maximum absolute atomic E-state index is 11.9. The van der Waals surface area contributed by atoms with E-state index in [2.05, 4.69) is 34.4 Å². The van der Waals surface area contributed by atoms with Crippen LogP contribution in [-0.2, 0) is 4.74 Å². The van der Waals surface area contributed by atoms with Crippen molar-refractivity contribution in [1.82, 2.24) is 9.97 Å². The molecule has 7 heteroatoms. The first-order chi connectivity index (χ1) is 14.5. The lowest BCUT2D eigenvalue weighted by molar-refractivity contribution is 0.0600. The Morgan fingerprint density at radius 2 is 1.83 bits per heavy atom. The van der Waals surface area contributed by atoms with Crippen LogP contribution >= 0.6 is 0 Å². The number of aromatic nitrogens is 2. The van der Waals surface area contributed by atoms with Crippen molar-refractivity contribution in [2.24, 2.45) is 0 Å². The Hall–Kier alpha value is -3.61. The Bertz CT molecular complexity index is 1010. The Balaban J connectivity index is 2.02. The fourth-order valence-corrected chi connectivity index (χ4v) is 2.84. The van der Waals surface area contributed by atoms with Crippen LogP contribution in [0.5, 0.6) is 5.75 Å². The van der Waals surface area contributed by atoms with E-state index in [-0.39, 0.29) is 6.04 Å². The van der Waals surface area contributed by atoms with Crippen molar-refractivity contribution >= 4 is 23.4 Å². The van der Waals surface area contributed by atoms with E-state index in [1.54, 1.807) is 25.3 Å². The lowest BCUT2D eigenvalue weighted by Crippen LogP contribution is -2.16. The standard InChI is InChI=1S/C23H26N4O3/c1-5-15(2)24-23-26-18(16-9-7-6-8-10-16)14-21(27-23)25-19-13-17(22(28)30-4)11-12-20(19)29-3/h6-15H,5H2,1-4H3,(H2,24,25,26,27)/t15-/m1/s1. The van der Waals surface area contributed by atoms with Gasteiger partial charge >= 0.3 is 5.97 Å². The molecule has 0 radical (unpaired) electrons. The zero-order chi connectivity index (χ0) is 21.5. The van der Waals surface area contributed by atoms with Crippen molar-refractivity contribution in [2.45, 2.75) is 26.3 Å². The van der Waals surface area contributed by atoms with Crippen LogP contribution in [0.1, 0.15) is 30.6 Å². The summed E-state index contributed by atoms with van der Waals surface area (Å²) in [4.78, 5) is 21.2. The van der Waals surface area contributed by atoms with E-state index in [9.17, 15) is 4.79 Å². The lowest BCUT2D eigenvalue weighted by atomic mass is 10.1. The second kappa shape index (κ2) is 9.73. The molecule has 1 heterocycles. The summed E-state index contributed by atoms with van der Waals surface area (Å²) in [5, 5.41) is 6.59. The number of rotatable bonds is 8. The summed E-state index contributed by atoms with van der Waals surface area (Å²) in [6.45, 7) is 4.18. The maximum atomic E-state index is 11.9. The number of nitrogens with zero attached hydrogens (tertiary/aromatic N) is 2. The highest BCUT2D eigenvalue weighted by molar-refractivity contribution is 5.91. The maximum Gasteiger partial charge on any atom is 0.337 e. The van der Waals surface area contributed by atoms with Crippen LogP contribution in [0, 0.1) is 0 Å². The third-order valence-corrected chi connectivity index (χ3v) is 4.67. The third-order valence-electron chi connectivity index (χ3n) is 4.67. The Morgan fingerprint density at radius 1 is 1.07 bits per heavy atom. The Labute approximate surface area is 176 Å². The molecular formula is C23H26N4O3. The Kier molecular flexibility index (Phi) is 6.85. The SMILES string of the molecule is CC[C@@H](C)Nc1nc(Nc2cc(C(=O)OC)ccc2OC)cc(-c2ccccc2)n1. The molecule has 0 bridgehead atoms. The number of benzene rings is 2. The molecule has 0 amide bonds. The first-order valence-electron chi connectivity index (χ1n) is 9.78. The molecule has 0 saturated carbocycles. The van der Waals surface area contributed by atoms with Gasteiger partial charge in [0.2, 0.25) is 5.95 Å². The van der Waals surface area contributed by atoms with Crippen molar-refractivity contribution in [3.05, 3.63) is 60.2 Å². The summed E-state index contributed by atoms with van der Waals surface area (Å²) in [5.41, 5.74) is 2.77. The van der Waals surface area contributed by atoms with Gasteiger partial charge in [-0.05, 0) is 31.5 Å². The number of hydrogen-bond acceptors (Lipinski definition) is 7. The number of ether oxygens (including phenoxy) is 2. The third kappa shape index (κ3) is 5.05. The van der Waals surface area contributed by atoms with Gasteiger partial charge in [-0.3, -0.25) is 0 Å². The Morgan fingerprint density at radius 3 is 2.50 bits per heavy atom. The molecule has 7 nitrogen and oxygen atoms in total. The quantitative estimate of drug-likeness (QED) is 0.515. The molecule has 156 valence electrons. The van der Waals surface area contributed by atoms with E-state index in [4.69, 9.17) is 9.47 Å². The minimum absolute atomic E-state index is 0.223. The zero-order valence-corrected chi connectivity index (χ0v) is 17.6. The highest BCUT2D eigenvalue weighted by Crippen LogP contribution is 2.30. The van der Waals surface area contributed by atoms with Crippen LogP contribution in [0.3, 0.4) is 0 Å². The highest BCUT2D eigenvalue weighted by Gasteiger charge is 2.13. The molecule has 0 saturated heterocycles. The van der Waals surface area contributed by atoms with Crippen LogP contribution in [0.2, 0.25) is 0 Å². The van der Waals surface area contributed by atoms with Crippen molar-refractivity contribution in [1.29, 1.82) is 0 Å². The van der Waals surface area contributed by atoms with E-state index < -0.39 is 5.97 Å². The molecule has 3 aromatic rings. The lowest BCUT2D eigenvalue weighted by Gasteiger charge is -2.16. The van der Waals surface area contributed by atoms with Gasteiger partial charge in [0.25, 0.3) is 0 Å². The predicted molar refractivity (Wildman–Crippen MR) is 118 cm³/mol. The van der Waals surface area contributed by atoms with Gasteiger partial charge in [-0.15, -0.1) is 0 Å². The van der Waals surface area contributed by atoms with Gasteiger partial charge < -0.3 is 20.1 Å². The predicted octanol–water partition coefficient (Wildman–Crippen LogP) is 4.89. The van der Waals surface area contributed by atoms with Gasteiger partial charge in [-0.1, -0.05) is 37.3 Å². The van der Waals surface area contributed by atoms with Crippen LogP contribution in [0.15, 0.2) is 54.6 Å². The minimum atomic E-state index is -0.424. The van der Waals surface area contributed by atoms with Crippen molar-refractivity contribution in [2.75, 3.05) is 24.9 Å². The summed E-state index contributed by atoms with van der Waals surface area (Å²) < 4.78 is 10.3. The molecule has 0 spiro atoms. The van der Waals surface area contributed by atoms with Crippen LogP contribution < -0.4 is 15.4 Å². The average Bonchev–Trinajstić information content (AvgIpc) is 2.78. The highest BCUT2D eigenvalue weighted by atomic mass is 16.5. The van der Waals surface area contributed by atoms with E-state index >= 15 is 0 Å². The van der Waals surface area contributed by atoms with Gasteiger partial charge in [0.05, 0.1) is 31.2 Å². The van der Waals surface area contributed by atoms with Gasteiger partial charge in [-0.25, -0.2) is 9.78 Å². The molecule has 0 aliphatic carbocycles. The molecule has 0 aliphatic rings. The van der Waals surface area contributed by atoms with E-state index in [1.165, 1.54) is 7.11 Å². The first-order valence-corrected chi connectivity index (χ1v) is 9.78. The monoisotopic (exact) mass is 406 g/mol.